The maximum atomic E-state index is 10.3. The molecule has 0 aromatic carbocycles. The van der Waals surface area contributed by atoms with Crippen molar-refractivity contribution >= 4 is 5.97 Å². The van der Waals surface area contributed by atoms with Crippen LogP contribution in [0.25, 0.3) is 0 Å². The van der Waals surface area contributed by atoms with Gasteiger partial charge in [0, 0.05) is 19.2 Å². The van der Waals surface area contributed by atoms with Gasteiger partial charge in [0.1, 0.15) is 0 Å². The molecule has 98 valence electrons. The highest BCUT2D eigenvalue weighted by Gasteiger charge is 2.31. The van der Waals surface area contributed by atoms with Crippen LogP contribution in [0.5, 0.6) is 0 Å². The monoisotopic (exact) mass is 241 g/mol. The lowest BCUT2D eigenvalue weighted by Gasteiger charge is -2.35. The highest BCUT2D eigenvalue weighted by molar-refractivity contribution is 5.79. The Hall–Kier alpha value is -0.870. The molecule has 0 radical (unpaired) electrons. The fourth-order valence-electron chi connectivity index (χ4n) is 2.35. The van der Waals surface area contributed by atoms with Crippen LogP contribution >= 0.6 is 0 Å². The fraction of sp³-hybridized carbons (Fsp3) is 0.769. The molecule has 1 rings (SSSR count). The maximum absolute atomic E-state index is 10.3. The number of hydrogen-bond acceptors (Lipinski definition) is 3. The minimum Gasteiger partial charge on any atom is -0.478 e. The number of aliphatic hydroxyl groups is 1. The third-order valence-electron chi connectivity index (χ3n) is 3.59. The molecule has 0 aliphatic heterocycles. The minimum atomic E-state index is -0.936. The maximum Gasteiger partial charge on any atom is 0.328 e. The summed E-state index contributed by atoms with van der Waals surface area (Å²) in [4.78, 5) is 10.2. The van der Waals surface area contributed by atoms with Crippen molar-refractivity contribution in [1.82, 2.24) is 5.32 Å². The predicted octanol–water partition coefficient (Wildman–Crippen LogP) is 1.55. The molecule has 0 amide bonds. The average Bonchev–Trinajstić information content (AvgIpc) is 2.29. The third-order valence-corrected chi connectivity index (χ3v) is 3.59. The zero-order valence-corrected chi connectivity index (χ0v) is 10.5. The smallest absolute Gasteiger partial charge is 0.328 e. The number of hydrogen-bond donors (Lipinski definition) is 3. The summed E-state index contributed by atoms with van der Waals surface area (Å²) in [6, 6.07) is 0. The second-order valence-corrected chi connectivity index (χ2v) is 4.95. The van der Waals surface area contributed by atoms with Gasteiger partial charge in [-0.3, -0.25) is 0 Å². The zero-order chi connectivity index (χ0) is 12.7. The predicted molar refractivity (Wildman–Crippen MR) is 66.8 cm³/mol. The van der Waals surface area contributed by atoms with Gasteiger partial charge in [-0.15, -0.1) is 0 Å². The number of rotatable bonds is 6. The Balaban J connectivity index is 2.20. The van der Waals surface area contributed by atoms with Crippen molar-refractivity contribution in [3.05, 3.63) is 12.2 Å². The molecule has 4 nitrogen and oxygen atoms in total. The molecule has 1 aliphatic rings. The van der Waals surface area contributed by atoms with E-state index in [0.717, 1.165) is 37.7 Å². The summed E-state index contributed by atoms with van der Waals surface area (Å²) in [5, 5.41) is 21.8. The number of aliphatic carboxylic acids is 1. The molecule has 17 heavy (non-hydrogen) atoms. The highest BCUT2D eigenvalue weighted by atomic mass is 16.4. The first-order chi connectivity index (χ1) is 8.06. The second kappa shape index (κ2) is 6.77. The van der Waals surface area contributed by atoms with E-state index >= 15 is 0 Å². The van der Waals surface area contributed by atoms with Crippen molar-refractivity contribution in [2.75, 3.05) is 13.1 Å². The third kappa shape index (κ3) is 5.33. The molecular formula is C13H23NO3. The molecular weight excluding hydrogens is 218 g/mol. The number of carboxylic acid groups (broad SMARTS) is 1. The molecule has 0 spiro atoms. The molecule has 0 atom stereocenters. The van der Waals surface area contributed by atoms with Crippen LogP contribution in [0.15, 0.2) is 12.2 Å². The van der Waals surface area contributed by atoms with E-state index in [1.807, 2.05) is 0 Å². The van der Waals surface area contributed by atoms with E-state index in [9.17, 15) is 9.90 Å². The Morgan fingerprint density at radius 3 is 2.65 bits per heavy atom. The van der Waals surface area contributed by atoms with E-state index in [1.54, 1.807) is 6.08 Å². The number of nitrogens with one attached hydrogen (secondary N) is 1. The quantitative estimate of drug-likeness (QED) is 0.487. The summed E-state index contributed by atoms with van der Waals surface area (Å²) >= 11 is 0. The van der Waals surface area contributed by atoms with Crippen LogP contribution in [-0.2, 0) is 4.79 Å². The van der Waals surface area contributed by atoms with Gasteiger partial charge in [-0.25, -0.2) is 4.79 Å². The van der Waals surface area contributed by atoms with Crippen LogP contribution in [0.2, 0.25) is 0 Å². The first-order valence-electron chi connectivity index (χ1n) is 6.38. The summed E-state index contributed by atoms with van der Waals surface area (Å²) < 4.78 is 0. The summed E-state index contributed by atoms with van der Waals surface area (Å²) in [7, 11) is 0. The largest absolute Gasteiger partial charge is 0.478 e. The molecule has 0 aromatic rings. The Labute approximate surface area is 103 Å². The van der Waals surface area contributed by atoms with Crippen LogP contribution in [0.3, 0.4) is 0 Å². The van der Waals surface area contributed by atoms with E-state index < -0.39 is 11.6 Å². The summed E-state index contributed by atoms with van der Waals surface area (Å²) in [5.74, 6) is -0.170. The first kappa shape index (κ1) is 14.2. The van der Waals surface area contributed by atoms with E-state index in [0.29, 0.717) is 13.1 Å². The van der Waals surface area contributed by atoms with Crippen LogP contribution < -0.4 is 5.32 Å². The molecule has 1 aliphatic carbocycles. The van der Waals surface area contributed by atoms with Crippen molar-refractivity contribution in [3.63, 3.8) is 0 Å². The topological polar surface area (TPSA) is 69.6 Å². The van der Waals surface area contributed by atoms with Gasteiger partial charge in [0.15, 0.2) is 0 Å². The van der Waals surface area contributed by atoms with Gasteiger partial charge in [-0.1, -0.05) is 19.4 Å². The standard InChI is InChI=1S/C13H23NO3/c1-2-11-5-7-13(17,8-6-11)10-14-9-3-4-12(15)16/h3-4,11,14,17H,2,5-10H2,1H3,(H,15,16)/b4-3+. The van der Waals surface area contributed by atoms with Gasteiger partial charge < -0.3 is 15.5 Å². The van der Waals surface area contributed by atoms with Gasteiger partial charge >= 0.3 is 5.97 Å². The lowest BCUT2D eigenvalue weighted by Crippen LogP contribution is -2.43. The lowest BCUT2D eigenvalue weighted by atomic mass is 9.78. The highest BCUT2D eigenvalue weighted by Crippen LogP contribution is 2.33. The minimum absolute atomic E-state index is 0.492. The van der Waals surface area contributed by atoms with Gasteiger partial charge in [-0.2, -0.15) is 0 Å². The number of carbonyl (C=O) groups is 1. The van der Waals surface area contributed by atoms with Crippen molar-refractivity contribution < 1.29 is 15.0 Å². The average molecular weight is 241 g/mol. The molecule has 0 bridgehead atoms. The Morgan fingerprint density at radius 1 is 1.47 bits per heavy atom. The van der Waals surface area contributed by atoms with E-state index in [2.05, 4.69) is 12.2 Å². The van der Waals surface area contributed by atoms with E-state index in [1.165, 1.54) is 6.42 Å². The van der Waals surface area contributed by atoms with Gasteiger partial charge in [0.2, 0.25) is 0 Å². The SMILES string of the molecule is CCC1CCC(O)(CNC/C=C/C(=O)O)CC1. The molecule has 0 heterocycles. The van der Waals surface area contributed by atoms with Crippen LogP contribution in [0, 0.1) is 5.92 Å². The van der Waals surface area contributed by atoms with Gasteiger partial charge in [-0.05, 0) is 31.6 Å². The first-order valence-corrected chi connectivity index (χ1v) is 6.38. The van der Waals surface area contributed by atoms with Crippen LogP contribution in [0.4, 0.5) is 0 Å². The van der Waals surface area contributed by atoms with Gasteiger partial charge in [0.05, 0.1) is 5.60 Å². The lowest BCUT2D eigenvalue weighted by molar-refractivity contribution is -0.131. The Morgan fingerprint density at radius 2 is 2.12 bits per heavy atom. The van der Waals surface area contributed by atoms with Crippen molar-refractivity contribution in [2.24, 2.45) is 5.92 Å². The summed E-state index contributed by atoms with van der Waals surface area (Å²) in [6.07, 6.45) is 7.76. The zero-order valence-electron chi connectivity index (χ0n) is 10.5. The van der Waals surface area contributed by atoms with Gasteiger partial charge in [0.25, 0.3) is 0 Å². The summed E-state index contributed by atoms with van der Waals surface area (Å²) in [5.41, 5.74) is -0.595. The molecule has 3 N–H and O–H groups in total. The van der Waals surface area contributed by atoms with Crippen LogP contribution in [0.1, 0.15) is 39.0 Å². The Bertz CT molecular complexity index is 268. The van der Waals surface area contributed by atoms with E-state index in [-0.39, 0.29) is 0 Å². The van der Waals surface area contributed by atoms with Crippen LogP contribution in [-0.4, -0.2) is 34.9 Å². The molecule has 1 fully saturated rings. The summed E-state index contributed by atoms with van der Waals surface area (Å²) in [6.45, 7) is 3.24. The van der Waals surface area contributed by atoms with Crippen molar-refractivity contribution in [1.29, 1.82) is 0 Å². The normalized spacial score (nSPS) is 29.6. The van der Waals surface area contributed by atoms with Crippen molar-refractivity contribution in [2.45, 2.75) is 44.6 Å². The fourth-order valence-corrected chi connectivity index (χ4v) is 2.35. The molecule has 0 saturated heterocycles. The second-order valence-electron chi connectivity index (χ2n) is 4.95. The van der Waals surface area contributed by atoms with E-state index in [4.69, 9.17) is 5.11 Å². The molecule has 4 heteroatoms. The van der Waals surface area contributed by atoms with Crippen molar-refractivity contribution in [3.8, 4) is 0 Å². The molecule has 0 aromatic heterocycles. The molecule has 0 unspecified atom stereocenters. The molecule has 1 saturated carbocycles. The number of carboxylic acids is 1. The Kier molecular flexibility index (Phi) is 5.65.